The highest BCUT2D eigenvalue weighted by Gasteiger charge is 2.39. The van der Waals surface area contributed by atoms with Gasteiger partial charge in [0, 0.05) is 41.2 Å². The Morgan fingerprint density at radius 3 is 2.37 bits per heavy atom. The zero-order chi connectivity index (χ0) is 27.6. The molecule has 1 N–H and O–H groups in total. The van der Waals surface area contributed by atoms with Crippen LogP contribution in [0.2, 0.25) is 15.3 Å². The Morgan fingerprint density at radius 1 is 1.08 bits per heavy atom. The monoisotopic (exact) mass is 590 g/mol. The summed E-state index contributed by atoms with van der Waals surface area (Å²) in [6, 6.07) is 6.87. The molecule has 2 aromatic carbocycles. The van der Waals surface area contributed by atoms with Crippen LogP contribution >= 0.6 is 34.8 Å². The van der Waals surface area contributed by atoms with E-state index in [1.807, 2.05) is 0 Å². The molecule has 0 aliphatic heterocycles. The van der Waals surface area contributed by atoms with E-state index in [1.165, 1.54) is 23.0 Å². The van der Waals surface area contributed by atoms with Gasteiger partial charge in [0.25, 0.3) is 0 Å². The van der Waals surface area contributed by atoms with Crippen LogP contribution in [0.25, 0.3) is 0 Å². The quantitative estimate of drug-likeness (QED) is 0.315. The van der Waals surface area contributed by atoms with E-state index in [4.69, 9.17) is 34.8 Å². The molecule has 1 atom stereocenters. The Bertz CT molecular complexity index is 1340. The summed E-state index contributed by atoms with van der Waals surface area (Å²) in [4.78, 5) is 32.2. The number of alkyl halides is 2. The number of carbonyl (C=O) groups is 2. The fraction of sp³-hybridized carbons (Fsp3) is 0.320. The van der Waals surface area contributed by atoms with Crippen LogP contribution < -0.4 is 10.2 Å². The van der Waals surface area contributed by atoms with E-state index in [1.54, 1.807) is 12.1 Å². The zero-order valence-corrected chi connectivity index (χ0v) is 21.9. The third-order valence-corrected chi connectivity index (χ3v) is 7.37. The van der Waals surface area contributed by atoms with E-state index >= 15 is 0 Å². The number of benzene rings is 2. The summed E-state index contributed by atoms with van der Waals surface area (Å²) in [6.45, 7) is -0.471. The first kappa shape index (κ1) is 28.2. The SMILES string of the molecule is O=C(NC1CCC(F)(F)CC1)C(c1ccccc1Cl)N(C(=O)Cn1cnc(Cl)c1Cl)c1ccc(F)c(F)c1. The Morgan fingerprint density at radius 2 is 1.76 bits per heavy atom. The molecule has 0 bridgehead atoms. The maximum atomic E-state index is 14.3. The number of aromatic nitrogens is 2. The summed E-state index contributed by atoms with van der Waals surface area (Å²) in [5, 5.41) is 2.74. The minimum absolute atomic E-state index is 0.0241. The Kier molecular flexibility index (Phi) is 8.54. The number of imidazole rings is 1. The van der Waals surface area contributed by atoms with E-state index in [-0.39, 0.29) is 39.4 Å². The van der Waals surface area contributed by atoms with Gasteiger partial charge in [-0.05, 0) is 31.0 Å². The molecule has 1 fully saturated rings. The first-order valence-corrected chi connectivity index (χ1v) is 12.7. The molecule has 1 aliphatic carbocycles. The molecule has 0 radical (unpaired) electrons. The van der Waals surface area contributed by atoms with Crippen LogP contribution in [0.1, 0.15) is 37.3 Å². The van der Waals surface area contributed by atoms with Gasteiger partial charge in [-0.2, -0.15) is 0 Å². The van der Waals surface area contributed by atoms with Crippen molar-refractivity contribution in [3.8, 4) is 0 Å². The van der Waals surface area contributed by atoms with Crippen LogP contribution in [-0.4, -0.2) is 33.3 Å². The molecule has 2 amide bonds. The molecule has 13 heteroatoms. The molecule has 0 saturated heterocycles. The molecule has 3 aromatic rings. The summed E-state index contributed by atoms with van der Waals surface area (Å²) in [6.07, 6.45) is 0.450. The second-order valence-corrected chi connectivity index (χ2v) is 10.0. The number of hydrogen-bond donors (Lipinski definition) is 1. The smallest absolute Gasteiger partial charge is 0.248 e. The normalized spacial score (nSPS) is 16.2. The molecule has 1 aliphatic rings. The number of rotatable bonds is 7. The van der Waals surface area contributed by atoms with Crippen molar-refractivity contribution in [2.45, 2.75) is 50.2 Å². The molecule has 1 heterocycles. The Labute approximate surface area is 230 Å². The van der Waals surface area contributed by atoms with Crippen LogP contribution in [0.15, 0.2) is 48.8 Å². The third-order valence-electron chi connectivity index (χ3n) is 6.26. The van der Waals surface area contributed by atoms with Crippen molar-refractivity contribution in [2.24, 2.45) is 0 Å². The second-order valence-electron chi connectivity index (χ2n) is 8.88. The molecule has 38 heavy (non-hydrogen) atoms. The summed E-state index contributed by atoms with van der Waals surface area (Å²) >= 11 is 18.4. The summed E-state index contributed by atoms with van der Waals surface area (Å²) < 4.78 is 56.7. The lowest BCUT2D eigenvalue weighted by molar-refractivity contribution is -0.128. The average Bonchev–Trinajstić information content (AvgIpc) is 3.18. The van der Waals surface area contributed by atoms with Gasteiger partial charge < -0.3 is 9.88 Å². The largest absolute Gasteiger partial charge is 0.351 e. The van der Waals surface area contributed by atoms with Crippen LogP contribution in [0.3, 0.4) is 0 Å². The first-order valence-electron chi connectivity index (χ1n) is 11.5. The molecular weight excluding hydrogens is 571 g/mol. The minimum Gasteiger partial charge on any atom is -0.351 e. The molecule has 6 nitrogen and oxygen atoms in total. The highest BCUT2D eigenvalue weighted by atomic mass is 35.5. The maximum absolute atomic E-state index is 14.3. The predicted octanol–water partition coefficient (Wildman–Crippen LogP) is 6.59. The van der Waals surface area contributed by atoms with Gasteiger partial charge in [-0.15, -0.1) is 0 Å². The molecule has 1 unspecified atom stereocenters. The predicted molar refractivity (Wildman–Crippen MR) is 136 cm³/mol. The van der Waals surface area contributed by atoms with Crippen molar-refractivity contribution in [1.29, 1.82) is 0 Å². The van der Waals surface area contributed by atoms with Gasteiger partial charge in [-0.25, -0.2) is 22.5 Å². The van der Waals surface area contributed by atoms with Gasteiger partial charge in [0.05, 0.1) is 6.33 Å². The van der Waals surface area contributed by atoms with E-state index in [2.05, 4.69) is 10.3 Å². The summed E-state index contributed by atoms with van der Waals surface area (Å²) in [5.41, 5.74) is 0.0344. The van der Waals surface area contributed by atoms with Crippen molar-refractivity contribution >= 4 is 52.3 Å². The van der Waals surface area contributed by atoms with Gasteiger partial charge in [0.2, 0.25) is 17.7 Å². The van der Waals surface area contributed by atoms with E-state index in [0.717, 1.165) is 23.1 Å². The molecule has 1 saturated carbocycles. The van der Waals surface area contributed by atoms with Crippen molar-refractivity contribution in [3.05, 3.63) is 81.3 Å². The molecular formula is C25H21Cl3F4N4O2. The fourth-order valence-electron chi connectivity index (χ4n) is 4.31. The van der Waals surface area contributed by atoms with Gasteiger partial charge in [0.15, 0.2) is 16.8 Å². The lowest BCUT2D eigenvalue weighted by atomic mass is 9.91. The van der Waals surface area contributed by atoms with Crippen LogP contribution in [0, 0.1) is 11.6 Å². The number of hydrogen-bond acceptors (Lipinski definition) is 3. The van der Waals surface area contributed by atoms with Crippen molar-refractivity contribution in [3.63, 3.8) is 0 Å². The molecule has 4 rings (SSSR count). The van der Waals surface area contributed by atoms with Gasteiger partial charge in [-0.1, -0.05) is 53.0 Å². The lowest BCUT2D eigenvalue weighted by Gasteiger charge is -2.35. The fourth-order valence-corrected chi connectivity index (χ4v) is 4.85. The molecule has 0 spiro atoms. The highest BCUT2D eigenvalue weighted by molar-refractivity contribution is 6.40. The minimum atomic E-state index is -2.82. The van der Waals surface area contributed by atoms with Crippen molar-refractivity contribution < 1.29 is 27.2 Å². The van der Waals surface area contributed by atoms with E-state index < -0.39 is 60.8 Å². The van der Waals surface area contributed by atoms with E-state index in [9.17, 15) is 27.2 Å². The van der Waals surface area contributed by atoms with Crippen molar-refractivity contribution in [1.82, 2.24) is 14.9 Å². The Balaban J connectivity index is 1.77. The number of anilines is 1. The van der Waals surface area contributed by atoms with Crippen LogP contribution in [0.5, 0.6) is 0 Å². The standard InChI is InChI=1S/C25H21Cl3F4N4O2/c26-17-4-2-1-3-16(17)21(24(38)34-14-7-9-25(31,32)10-8-14)36(15-5-6-18(29)19(30)11-15)20(37)12-35-13-33-22(27)23(35)28/h1-6,11,13-14,21H,7-10,12H2,(H,34,38). The number of halogens is 7. The molecule has 1 aromatic heterocycles. The summed E-state index contributed by atoms with van der Waals surface area (Å²) in [7, 11) is 0. The van der Waals surface area contributed by atoms with Gasteiger partial charge in [0.1, 0.15) is 17.7 Å². The molecule has 202 valence electrons. The number of amides is 2. The van der Waals surface area contributed by atoms with Crippen LogP contribution in [-0.2, 0) is 16.1 Å². The summed E-state index contributed by atoms with van der Waals surface area (Å²) in [5.74, 6) is -6.73. The van der Waals surface area contributed by atoms with Crippen LogP contribution in [0.4, 0.5) is 23.2 Å². The Hall–Kier alpha value is -2.82. The number of nitrogens with one attached hydrogen (secondary N) is 1. The maximum Gasteiger partial charge on any atom is 0.248 e. The second kappa shape index (κ2) is 11.5. The first-order chi connectivity index (χ1) is 18.0. The van der Waals surface area contributed by atoms with E-state index in [0.29, 0.717) is 0 Å². The number of carbonyl (C=O) groups excluding carboxylic acids is 2. The number of nitrogens with zero attached hydrogens (tertiary/aromatic N) is 3. The zero-order valence-electron chi connectivity index (χ0n) is 19.6. The average molecular weight is 592 g/mol. The third kappa shape index (κ3) is 6.24. The van der Waals surface area contributed by atoms with Crippen molar-refractivity contribution in [2.75, 3.05) is 4.90 Å². The topological polar surface area (TPSA) is 67.2 Å². The van der Waals surface area contributed by atoms with Gasteiger partial charge in [-0.3, -0.25) is 14.5 Å². The van der Waals surface area contributed by atoms with Gasteiger partial charge >= 0.3 is 0 Å². The lowest BCUT2D eigenvalue weighted by Crippen LogP contribution is -2.49. The highest BCUT2D eigenvalue weighted by Crippen LogP contribution is 2.36.